The number of nitrogens with zero attached hydrogens (tertiary/aromatic N) is 2. The summed E-state index contributed by atoms with van der Waals surface area (Å²) in [4.78, 5) is 14.8. The van der Waals surface area contributed by atoms with Crippen LogP contribution in [-0.2, 0) is 6.54 Å². The Balaban J connectivity index is 2.26. The van der Waals surface area contributed by atoms with Crippen LogP contribution in [0, 0.1) is 0 Å². The number of hydrogen-bond donors (Lipinski definition) is 0. The largest absolute Gasteiger partial charge is 0.350 e. The molecule has 0 bridgehead atoms. The molecule has 2 aromatic rings. The Hall–Kier alpha value is -1.61. The van der Waals surface area contributed by atoms with E-state index in [0.717, 1.165) is 5.56 Å². The van der Waals surface area contributed by atoms with Crippen LogP contribution in [0.4, 0.5) is 0 Å². The molecule has 0 fully saturated rings. The van der Waals surface area contributed by atoms with Crippen LogP contribution in [0.15, 0.2) is 47.8 Å². The van der Waals surface area contributed by atoms with Gasteiger partial charge in [-0.05, 0) is 11.6 Å². The van der Waals surface area contributed by atoms with Crippen molar-refractivity contribution in [2.45, 2.75) is 6.54 Å². The van der Waals surface area contributed by atoms with E-state index in [9.17, 15) is 4.79 Å². The molecule has 0 atom stereocenters. The highest BCUT2D eigenvalue weighted by Gasteiger charge is 1.99. The van der Waals surface area contributed by atoms with Crippen molar-refractivity contribution in [3.8, 4) is 0 Å². The fraction of sp³-hybridized carbons (Fsp3) is 0.0909. The fourth-order valence-corrected chi connectivity index (χ4v) is 1.46. The van der Waals surface area contributed by atoms with Gasteiger partial charge in [0.25, 0.3) is 0 Å². The molecule has 4 heteroatoms. The van der Waals surface area contributed by atoms with Crippen molar-refractivity contribution >= 4 is 11.6 Å². The lowest BCUT2D eigenvalue weighted by Gasteiger charge is -2.06. The van der Waals surface area contributed by atoms with Crippen LogP contribution in [0.5, 0.6) is 0 Å². The summed E-state index contributed by atoms with van der Waals surface area (Å²) < 4.78 is 1.89. The third-order valence-electron chi connectivity index (χ3n) is 2.07. The molecule has 76 valence electrons. The van der Waals surface area contributed by atoms with E-state index in [1.165, 1.54) is 12.1 Å². The third kappa shape index (κ3) is 2.44. The lowest BCUT2D eigenvalue weighted by molar-refractivity contribution is 0.787. The van der Waals surface area contributed by atoms with Crippen LogP contribution >= 0.6 is 11.6 Å². The van der Waals surface area contributed by atoms with E-state index in [-0.39, 0.29) is 5.43 Å². The smallest absolute Gasteiger partial charge is 0.181 e. The number of hydrogen-bond acceptors (Lipinski definition) is 2. The van der Waals surface area contributed by atoms with Crippen LogP contribution < -0.4 is 5.43 Å². The minimum Gasteiger partial charge on any atom is -0.350 e. The Morgan fingerprint density at radius 3 is 2.67 bits per heavy atom. The molecule has 3 nitrogen and oxygen atoms in total. The zero-order valence-corrected chi connectivity index (χ0v) is 8.69. The predicted octanol–water partition coefficient (Wildman–Crippen LogP) is 1.95. The van der Waals surface area contributed by atoms with Crippen molar-refractivity contribution < 1.29 is 0 Å². The van der Waals surface area contributed by atoms with Gasteiger partial charge in [-0.1, -0.05) is 11.6 Å². The Morgan fingerprint density at radius 2 is 2.00 bits per heavy atom. The molecular formula is C11H9ClN2O. The van der Waals surface area contributed by atoms with Gasteiger partial charge in [0.2, 0.25) is 0 Å². The zero-order valence-electron chi connectivity index (χ0n) is 7.93. The standard InChI is InChI=1S/C11H9ClN2O/c12-11-7-13-4-1-9(11)8-14-5-2-10(15)3-6-14/h1-7H,8H2. The van der Waals surface area contributed by atoms with Crippen molar-refractivity contribution in [1.29, 1.82) is 0 Å². The first-order valence-corrected chi connectivity index (χ1v) is 4.88. The average molecular weight is 221 g/mol. The van der Waals surface area contributed by atoms with Crippen molar-refractivity contribution in [2.75, 3.05) is 0 Å². The van der Waals surface area contributed by atoms with Gasteiger partial charge in [0.05, 0.1) is 5.02 Å². The van der Waals surface area contributed by atoms with Crippen LogP contribution in [-0.4, -0.2) is 9.55 Å². The molecule has 15 heavy (non-hydrogen) atoms. The van der Waals surface area contributed by atoms with Crippen molar-refractivity contribution in [3.05, 3.63) is 63.8 Å². The first-order chi connectivity index (χ1) is 7.25. The average Bonchev–Trinajstić information content (AvgIpc) is 2.25. The molecule has 2 rings (SSSR count). The fourth-order valence-electron chi connectivity index (χ4n) is 1.28. The number of aromatic nitrogens is 2. The lowest BCUT2D eigenvalue weighted by Crippen LogP contribution is -2.05. The summed E-state index contributed by atoms with van der Waals surface area (Å²) in [5, 5.41) is 0.635. The number of rotatable bonds is 2. The van der Waals surface area contributed by atoms with Gasteiger partial charge >= 0.3 is 0 Å². The molecule has 0 aliphatic rings. The van der Waals surface area contributed by atoms with Gasteiger partial charge in [-0.15, -0.1) is 0 Å². The lowest BCUT2D eigenvalue weighted by atomic mass is 10.2. The third-order valence-corrected chi connectivity index (χ3v) is 2.41. The minimum atomic E-state index is 0.00655. The van der Waals surface area contributed by atoms with Crippen molar-refractivity contribution in [3.63, 3.8) is 0 Å². The van der Waals surface area contributed by atoms with Crippen LogP contribution in [0.2, 0.25) is 5.02 Å². The summed E-state index contributed by atoms with van der Waals surface area (Å²) >= 11 is 5.97. The molecule has 0 saturated heterocycles. The second-order valence-electron chi connectivity index (χ2n) is 3.17. The van der Waals surface area contributed by atoms with Crippen LogP contribution in [0.1, 0.15) is 5.56 Å². The molecule has 0 N–H and O–H groups in total. The predicted molar refractivity (Wildman–Crippen MR) is 59.1 cm³/mol. The topological polar surface area (TPSA) is 34.9 Å². The maximum atomic E-state index is 10.9. The second-order valence-corrected chi connectivity index (χ2v) is 3.58. The molecule has 2 heterocycles. The Bertz CT molecular complexity index is 501. The molecule has 0 radical (unpaired) electrons. The van der Waals surface area contributed by atoms with E-state index < -0.39 is 0 Å². The molecule has 0 saturated carbocycles. The highest BCUT2D eigenvalue weighted by Crippen LogP contribution is 2.14. The monoisotopic (exact) mass is 220 g/mol. The first kappa shape index (κ1) is 9.93. The molecule has 0 aliphatic carbocycles. The van der Waals surface area contributed by atoms with Crippen molar-refractivity contribution in [2.24, 2.45) is 0 Å². The maximum absolute atomic E-state index is 10.9. The van der Waals surface area contributed by atoms with Crippen LogP contribution in [0.3, 0.4) is 0 Å². The van der Waals surface area contributed by atoms with E-state index in [0.29, 0.717) is 11.6 Å². The quantitative estimate of drug-likeness (QED) is 0.776. The van der Waals surface area contributed by atoms with E-state index in [1.54, 1.807) is 24.8 Å². The molecule has 0 spiro atoms. The summed E-state index contributed by atoms with van der Waals surface area (Å²) in [6.07, 6.45) is 6.78. The van der Waals surface area contributed by atoms with Crippen LogP contribution in [0.25, 0.3) is 0 Å². The van der Waals surface area contributed by atoms with Gasteiger partial charge in [-0.3, -0.25) is 9.78 Å². The Kier molecular flexibility index (Phi) is 2.83. The van der Waals surface area contributed by atoms with Gasteiger partial charge in [0.15, 0.2) is 5.43 Å². The Morgan fingerprint density at radius 1 is 1.27 bits per heavy atom. The van der Waals surface area contributed by atoms with Gasteiger partial charge in [-0.2, -0.15) is 0 Å². The zero-order chi connectivity index (χ0) is 10.7. The molecule has 0 unspecified atom stereocenters. The highest BCUT2D eigenvalue weighted by atomic mass is 35.5. The molecule has 0 aliphatic heterocycles. The van der Waals surface area contributed by atoms with Gasteiger partial charge < -0.3 is 4.57 Å². The molecule has 2 aromatic heterocycles. The highest BCUT2D eigenvalue weighted by molar-refractivity contribution is 6.31. The molecular weight excluding hydrogens is 212 g/mol. The van der Waals surface area contributed by atoms with Gasteiger partial charge in [0.1, 0.15) is 0 Å². The summed E-state index contributed by atoms with van der Waals surface area (Å²) in [5.74, 6) is 0. The van der Waals surface area contributed by atoms with E-state index in [4.69, 9.17) is 11.6 Å². The Labute approximate surface area is 92.0 Å². The van der Waals surface area contributed by atoms with E-state index >= 15 is 0 Å². The summed E-state index contributed by atoms with van der Waals surface area (Å²) in [5.41, 5.74) is 0.988. The first-order valence-electron chi connectivity index (χ1n) is 4.50. The summed E-state index contributed by atoms with van der Waals surface area (Å²) in [7, 11) is 0. The number of halogens is 1. The van der Waals surface area contributed by atoms with Crippen molar-refractivity contribution in [1.82, 2.24) is 9.55 Å². The maximum Gasteiger partial charge on any atom is 0.181 e. The second kappa shape index (κ2) is 4.28. The van der Waals surface area contributed by atoms with Gasteiger partial charge in [-0.25, -0.2) is 0 Å². The van der Waals surface area contributed by atoms with Gasteiger partial charge in [0, 0.05) is 43.5 Å². The normalized spacial score (nSPS) is 10.2. The SMILES string of the molecule is O=c1ccn(Cc2ccncc2Cl)cc1. The van der Waals surface area contributed by atoms with E-state index in [2.05, 4.69) is 4.98 Å². The molecule has 0 amide bonds. The minimum absolute atomic E-state index is 0.00655. The molecule has 0 aromatic carbocycles. The summed E-state index contributed by atoms with van der Waals surface area (Å²) in [6, 6.07) is 4.91. The van der Waals surface area contributed by atoms with E-state index in [1.807, 2.05) is 10.6 Å². The number of pyridine rings is 2. The summed E-state index contributed by atoms with van der Waals surface area (Å²) in [6.45, 7) is 0.641.